The molecule has 8 heteroatoms. The minimum atomic E-state index is -4.80. The molecule has 0 spiro atoms. The van der Waals surface area contributed by atoms with Crippen molar-refractivity contribution < 1.29 is 22.8 Å². The largest absolute Gasteiger partial charge is 0.496 e. The summed E-state index contributed by atoms with van der Waals surface area (Å²) in [6.07, 6.45) is -4.80. The minimum Gasteiger partial charge on any atom is -0.496 e. The van der Waals surface area contributed by atoms with Crippen LogP contribution in [-0.4, -0.2) is 12.0 Å². The molecule has 0 N–H and O–H groups in total. The molecule has 0 bridgehead atoms. The van der Waals surface area contributed by atoms with Crippen molar-refractivity contribution in [2.45, 2.75) is 6.18 Å². The average Bonchev–Trinajstić information content (AvgIpc) is 2.14. The Morgan fingerprint density at radius 3 is 2.38 bits per heavy atom. The summed E-state index contributed by atoms with van der Waals surface area (Å²) in [5.74, 6) is -0.0217. The van der Waals surface area contributed by atoms with Crippen LogP contribution in [0.25, 0.3) is 0 Å². The average molecular weight is 300 g/mol. The highest BCUT2D eigenvalue weighted by Gasteiger charge is 2.41. The Balaban J connectivity index is 3.53. The fraction of sp³-hybridized carbons (Fsp3) is 0.250. The van der Waals surface area contributed by atoms with Crippen LogP contribution in [0.1, 0.15) is 5.56 Å². The minimum absolute atomic E-state index is 0.0217. The van der Waals surface area contributed by atoms with E-state index in [1.807, 2.05) is 0 Å². The molecule has 0 unspecified atom stereocenters. The Labute approximate surface area is 96.3 Å². The number of hydrogen-bond donors (Lipinski definition) is 0. The first kappa shape index (κ1) is 12.8. The summed E-state index contributed by atoms with van der Waals surface area (Å²) in [6.45, 7) is 0. The molecule has 0 amide bonds. The molecule has 0 saturated heterocycles. The van der Waals surface area contributed by atoms with Crippen LogP contribution in [0.2, 0.25) is 0 Å². The van der Waals surface area contributed by atoms with E-state index in [2.05, 4.69) is 20.7 Å². The van der Waals surface area contributed by atoms with Crippen LogP contribution in [0.5, 0.6) is 5.75 Å². The Bertz CT molecular complexity index is 433. The molecule has 0 saturated carbocycles. The van der Waals surface area contributed by atoms with Crippen LogP contribution in [0, 0.1) is 10.1 Å². The van der Waals surface area contributed by atoms with Gasteiger partial charge in [-0.15, -0.1) is 0 Å². The smallest absolute Gasteiger partial charge is 0.424 e. The van der Waals surface area contributed by atoms with Crippen molar-refractivity contribution in [3.63, 3.8) is 0 Å². The first-order valence-electron chi connectivity index (χ1n) is 3.86. The highest BCUT2D eigenvalue weighted by atomic mass is 79.9. The Hall–Kier alpha value is -1.31. The summed E-state index contributed by atoms with van der Waals surface area (Å²) >= 11 is 2.64. The third-order valence-electron chi connectivity index (χ3n) is 1.76. The van der Waals surface area contributed by atoms with E-state index in [0.717, 1.165) is 12.1 Å². The second-order valence-corrected chi connectivity index (χ2v) is 3.61. The monoisotopic (exact) mass is 299 g/mol. The molecule has 1 rings (SSSR count). The van der Waals surface area contributed by atoms with Gasteiger partial charge >= 0.3 is 6.18 Å². The van der Waals surface area contributed by atoms with Crippen LogP contribution < -0.4 is 4.74 Å². The van der Waals surface area contributed by atoms with E-state index in [1.165, 1.54) is 7.11 Å². The van der Waals surface area contributed by atoms with E-state index < -0.39 is 26.8 Å². The van der Waals surface area contributed by atoms with Crippen LogP contribution in [0.3, 0.4) is 0 Å². The summed E-state index contributed by atoms with van der Waals surface area (Å²) in [7, 11) is 1.21. The van der Waals surface area contributed by atoms with E-state index in [-0.39, 0.29) is 5.75 Å². The molecule has 0 radical (unpaired) electrons. The van der Waals surface area contributed by atoms with Gasteiger partial charge in [0.05, 0.1) is 18.1 Å². The maximum Gasteiger partial charge on any atom is 0.424 e. The maximum atomic E-state index is 12.5. The second-order valence-electron chi connectivity index (χ2n) is 2.76. The van der Waals surface area contributed by atoms with Gasteiger partial charge in [0.2, 0.25) is 0 Å². The summed E-state index contributed by atoms with van der Waals surface area (Å²) in [5, 5.41) is 10.5. The first-order chi connectivity index (χ1) is 7.27. The quantitative estimate of drug-likeness (QED) is 0.621. The number of nitrogens with zero attached hydrogens (tertiary/aromatic N) is 1. The molecule has 0 fully saturated rings. The van der Waals surface area contributed by atoms with E-state index in [4.69, 9.17) is 0 Å². The van der Waals surface area contributed by atoms with Crippen molar-refractivity contribution in [2.75, 3.05) is 7.11 Å². The lowest BCUT2D eigenvalue weighted by molar-refractivity contribution is -0.388. The third-order valence-corrected chi connectivity index (χ3v) is 2.38. The normalized spacial score (nSPS) is 11.3. The van der Waals surface area contributed by atoms with Gasteiger partial charge < -0.3 is 4.74 Å². The highest BCUT2D eigenvalue weighted by molar-refractivity contribution is 9.10. The summed E-state index contributed by atoms with van der Waals surface area (Å²) in [4.78, 5) is 9.42. The fourth-order valence-corrected chi connectivity index (χ4v) is 1.76. The zero-order chi connectivity index (χ0) is 12.5. The molecule has 16 heavy (non-hydrogen) atoms. The first-order valence-corrected chi connectivity index (χ1v) is 4.65. The second kappa shape index (κ2) is 4.28. The molecule has 1 aromatic carbocycles. The number of ether oxygens (including phenoxy) is 1. The van der Waals surface area contributed by atoms with E-state index in [0.29, 0.717) is 0 Å². The number of benzene rings is 1. The maximum absolute atomic E-state index is 12.5. The number of methoxy groups -OCH3 is 1. The van der Waals surface area contributed by atoms with Gasteiger partial charge in [-0.3, -0.25) is 10.1 Å². The van der Waals surface area contributed by atoms with Gasteiger partial charge in [0, 0.05) is 4.47 Å². The lowest BCUT2D eigenvalue weighted by Gasteiger charge is -2.10. The molecule has 4 nitrogen and oxygen atoms in total. The molecular formula is C8H5BrF3NO3. The molecule has 88 valence electrons. The number of nitro groups is 1. The zero-order valence-corrected chi connectivity index (χ0v) is 9.42. The molecule has 0 aliphatic carbocycles. The number of halogens is 4. The lowest BCUT2D eigenvalue weighted by Crippen LogP contribution is -2.10. The molecule has 0 heterocycles. The van der Waals surface area contributed by atoms with Crippen LogP contribution in [0.15, 0.2) is 16.6 Å². The Morgan fingerprint density at radius 2 is 2.00 bits per heavy atom. The molecular weight excluding hydrogens is 295 g/mol. The number of rotatable bonds is 2. The Kier molecular flexibility index (Phi) is 3.41. The van der Waals surface area contributed by atoms with E-state index in [1.54, 1.807) is 0 Å². The SMILES string of the molecule is COc1cc(Br)c(C(F)(F)F)c([N+](=O)[O-])c1. The molecule has 1 aromatic rings. The summed E-state index contributed by atoms with van der Waals surface area (Å²) in [6, 6.07) is 1.75. The van der Waals surface area contributed by atoms with Crippen LogP contribution >= 0.6 is 15.9 Å². The lowest BCUT2D eigenvalue weighted by atomic mass is 10.1. The standard InChI is InChI=1S/C8H5BrF3NO3/c1-16-4-2-5(9)7(8(10,11)12)6(3-4)13(14)15/h2-3H,1H3. The van der Waals surface area contributed by atoms with Gasteiger partial charge in [-0.2, -0.15) is 13.2 Å². The summed E-state index contributed by atoms with van der Waals surface area (Å²) < 4.78 is 41.8. The van der Waals surface area contributed by atoms with Crippen molar-refractivity contribution in [3.05, 3.63) is 32.3 Å². The summed E-state index contributed by atoms with van der Waals surface area (Å²) in [5.41, 5.74) is -2.36. The van der Waals surface area contributed by atoms with Gasteiger partial charge in [-0.05, 0) is 22.0 Å². The predicted octanol–water partition coefficient (Wildman–Crippen LogP) is 3.38. The molecule has 0 aliphatic rings. The topological polar surface area (TPSA) is 52.4 Å². The van der Waals surface area contributed by atoms with Gasteiger partial charge in [0.1, 0.15) is 11.3 Å². The number of hydrogen-bond acceptors (Lipinski definition) is 3. The van der Waals surface area contributed by atoms with Gasteiger partial charge in [-0.1, -0.05) is 0 Å². The van der Waals surface area contributed by atoms with Crippen LogP contribution in [-0.2, 0) is 6.18 Å². The predicted molar refractivity (Wildman–Crippen MR) is 52.4 cm³/mol. The van der Waals surface area contributed by atoms with E-state index in [9.17, 15) is 23.3 Å². The zero-order valence-electron chi connectivity index (χ0n) is 7.84. The van der Waals surface area contributed by atoms with Gasteiger partial charge in [0.15, 0.2) is 0 Å². The van der Waals surface area contributed by atoms with Gasteiger partial charge in [-0.25, -0.2) is 0 Å². The van der Waals surface area contributed by atoms with Crippen LogP contribution in [0.4, 0.5) is 18.9 Å². The molecule has 0 atom stereocenters. The van der Waals surface area contributed by atoms with E-state index >= 15 is 0 Å². The van der Waals surface area contributed by atoms with Crippen molar-refractivity contribution in [2.24, 2.45) is 0 Å². The Morgan fingerprint density at radius 1 is 1.44 bits per heavy atom. The van der Waals surface area contributed by atoms with Crippen molar-refractivity contribution in [1.82, 2.24) is 0 Å². The number of nitro benzene ring substituents is 1. The number of alkyl halides is 3. The third kappa shape index (κ3) is 2.43. The van der Waals surface area contributed by atoms with Crippen molar-refractivity contribution >= 4 is 21.6 Å². The fourth-order valence-electron chi connectivity index (χ4n) is 1.11. The van der Waals surface area contributed by atoms with Crippen molar-refractivity contribution in [3.8, 4) is 5.75 Å². The molecule has 0 aliphatic heterocycles. The highest BCUT2D eigenvalue weighted by Crippen LogP contribution is 2.42. The molecule has 0 aromatic heterocycles. The van der Waals surface area contributed by atoms with Gasteiger partial charge in [0.25, 0.3) is 5.69 Å². The van der Waals surface area contributed by atoms with Crippen molar-refractivity contribution in [1.29, 1.82) is 0 Å².